The zero-order valence-corrected chi connectivity index (χ0v) is 9.96. The number of hydrogen-bond donors (Lipinski definition) is 2. The fourth-order valence-electron chi connectivity index (χ4n) is 1.91. The Kier molecular flexibility index (Phi) is 3.57. The minimum Gasteiger partial charge on any atom is -0.341 e. The summed E-state index contributed by atoms with van der Waals surface area (Å²) in [6.45, 7) is 5.24. The smallest absolute Gasteiger partial charge is 0.121 e. The molecule has 0 fully saturated rings. The van der Waals surface area contributed by atoms with Crippen LogP contribution < -0.4 is 5.32 Å². The topological polar surface area (TPSA) is 40.7 Å². The highest BCUT2D eigenvalue weighted by Gasteiger charge is 2.05. The molecule has 0 atom stereocenters. The van der Waals surface area contributed by atoms with E-state index in [9.17, 15) is 0 Å². The van der Waals surface area contributed by atoms with Crippen LogP contribution in [-0.2, 0) is 6.54 Å². The molecule has 3 heteroatoms. The van der Waals surface area contributed by atoms with Crippen molar-refractivity contribution in [2.45, 2.75) is 39.3 Å². The number of nitrogens with one attached hydrogen (secondary N) is 2. The minimum absolute atomic E-state index is 0.591. The zero-order chi connectivity index (χ0) is 11.4. The Morgan fingerprint density at radius 2 is 2.00 bits per heavy atom. The Labute approximate surface area is 96.3 Å². The van der Waals surface area contributed by atoms with Gasteiger partial charge in [-0.2, -0.15) is 0 Å². The van der Waals surface area contributed by atoms with Gasteiger partial charge in [0.1, 0.15) is 5.82 Å². The first kappa shape index (κ1) is 11.1. The predicted molar refractivity (Wildman–Crippen MR) is 67.3 cm³/mol. The number of nitrogens with zero attached hydrogens (tertiary/aromatic N) is 1. The monoisotopic (exact) mass is 217 g/mol. The van der Waals surface area contributed by atoms with Crippen molar-refractivity contribution in [1.29, 1.82) is 0 Å². The summed E-state index contributed by atoms with van der Waals surface area (Å²) >= 11 is 0. The zero-order valence-electron chi connectivity index (χ0n) is 9.96. The number of H-pyrrole nitrogens is 1. The van der Waals surface area contributed by atoms with Crippen LogP contribution in [0.15, 0.2) is 24.3 Å². The van der Waals surface area contributed by atoms with Crippen LogP contribution in [-0.4, -0.2) is 16.0 Å². The molecule has 0 spiro atoms. The molecule has 1 aromatic carbocycles. The molecule has 1 aromatic heterocycles. The van der Waals surface area contributed by atoms with Gasteiger partial charge < -0.3 is 10.3 Å². The number of benzene rings is 1. The molecule has 0 amide bonds. The molecule has 3 nitrogen and oxygen atoms in total. The molecule has 1 heterocycles. The molecule has 0 bridgehead atoms. The lowest BCUT2D eigenvalue weighted by atomic mass is 10.2. The number of para-hydroxylation sites is 2. The van der Waals surface area contributed by atoms with Crippen LogP contribution in [0.2, 0.25) is 0 Å². The van der Waals surface area contributed by atoms with Gasteiger partial charge in [0.05, 0.1) is 17.6 Å². The second kappa shape index (κ2) is 5.12. The number of aromatic nitrogens is 2. The first-order valence-electron chi connectivity index (χ1n) is 6.00. The predicted octanol–water partition coefficient (Wildman–Crippen LogP) is 2.84. The van der Waals surface area contributed by atoms with E-state index >= 15 is 0 Å². The van der Waals surface area contributed by atoms with Crippen molar-refractivity contribution in [1.82, 2.24) is 15.3 Å². The molecular formula is C13H19N3. The molecule has 0 unspecified atom stereocenters. The van der Waals surface area contributed by atoms with Gasteiger partial charge >= 0.3 is 0 Å². The SMILES string of the molecule is CCC(CC)NCc1nc2ccccc2[nH]1. The Hall–Kier alpha value is -1.35. The molecule has 2 N–H and O–H groups in total. The minimum atomic E-state index is 0.591. The van der Waals surface area contributed by atoms with Crippen LogP contribution in [0.25, 0.3) is 11.0 Å². The average Bonchev–Trinajstić information content (AvgIpc) is 2.73. The highest BCUT2D eigenvalue weighted by molar-refractivity contribution is 5.74. The third kappa shape index (κ3) is 2.42. The molecule has 16 heavy (non-hydrogen) atoms. The van der Waals surface area contributed by atoms with Gasteiger partial charge in [-0.1, -0.05) is 26.0 Å². The third-order valence-corrected chi connectivity index (χ3v) is 2.98. The molecule has 0 aliphatic carbocycles. The van der Waals surface area contributed by atoms with E-state index in [4.69, 9.17) is 0 Å². The van der Waals surface area contributed by atoms with E-state index in [1.165, 1.54) is 0 Å². The summed E-state index contributed by atoms with van der Waals surface area (Å²) in [5.74, 6) is 1.02. The summed E-state index contributed by atoms with van der Waals surface area (Å²) in [6, 6.07) is 8.73. The van der Waals surface area contributed by atoms with E-state index < -0.39 is 0 Å². The molecule has 0 aliphatic heterocycles. The van der Waals surface area contributed by atoms with E-state index in [1.807, 2.05) is 18.2 Å². The molecule has 2 aromatic rings. The van der Waals surface area contributed by atoms with Crippen molar-refractivity contribution >= 4 is 11.0 Å². The summed E-state index contributed by atoms with van der Waals surface area (Å²) in [5, 5.41) is 3.50. The van der Waals surface area contributed by atoms with Gasteiger partial charge in [0.15, 0.2) is 0 Å². The first-order valence-corrected chi connectivity index (χ1v) is 6.00. The van der Waals surface area contributed by atoms with Crippen LogP contribution in [0.5, 0.6) is 0 Å². The highest BCUT2D eigenvalue weighted by atomic mass is 15.0. The standard InChI is InChI=1S/C13H19N3/c1-3-10(4-2)14-9-13-15-11-7-5-6-8-12(11)16-13/h5-8,10,14H,3-4,9H2,1-2H3,(H,15,16). The van der Waals surface area contributed by atoms with Gasteiger partial charge in [-0.3, -0.25) is 0 Å². The van der Waals surface area contributed by atoms with Gasteiger partial charge in [0, 0.05) is 6.04 Å². The second-order valence-corrected chi connectivity index (χ2v) is 4.09. The molecule has 86 valence electrons. The van der Waals surface area contributed by atoms with E-state index in [0.717, 1.165) is 36.2 Å². The fourth-order valence-corrected chi connectivity index (χ4v) is 1.91. The Morgan fingerprint density at radius 3 is 2.69 bits per heavy atom. The van der Waals surface area contributed by atoms with Gasteiger partial charge in [0.2, 0.25) is 0 Å². The van der Waals surface area contributed by atoms with Crippen molar-refractivity contribution < 1.29 is 0 Å². The molecule has 0 saturated carbocycles. The van der Waals surface area contributed by atoms with E-state index in [-0.39, 0.29) is 0 Å². The fraction of sp³-hybridized carbons (Fsp3) is 0.462. The lowest BCUT2D eigenvalue weighted by Gasteiger charge is -2.12. The normalized spacial score (nSPS) is 11.4. The molecule has 2 rings (SSSR count). The Bertz CT molecular complexity index is 410. The quantitative estimate of drug-likeness (QED) is 0.808. The van der Waals surface area contributed by atoms with E-state index in [2.05, 4.69) is 35.2 Å². The lowest BCUT2D eigenvalue weighted by molar-refractivity contribution is 0.478. The van der Waals surface area contributed by atoms with Gasteiger partial charge in [-0.05, 0) is 25.0 Å². The van der Waals surface area contributed by atoms with Crippen molar-refractivity contribution in [3.8, 4) is 0 Å². The highest BCUT2D eigenvalue weighted by Crippen LogP contribution is 2.10. The first-order chi connectivity index (χ1) is 7.83. The summed E-state index contributed by atoms with van der Waals surface area (Å²) in [5.41, 5.74) is 2.16. The van der Waals surface area contributed by atoms with Crippen molar-refractivity contribution in [2.75, 3.05) is 0 Å². The molecule has 0 saturated heterocycles. The van der Waals surface area contributed by atoms with E-state index in [1.54, 1.807) is 0 Å². The molecule has 0 aliphatic rings. The van der Waals surface area contributed by atoms with Crippen molar-refractivity contribution in [2.24, 2.45) is 0 Å². The number of hydrogen-bond acceptors (Lipinski definition) is 2. The van der Waals surface area contributed by atoms with Crippen LogP contribution in [0, 0.1) is 0 Å². The summed E-state index contributed by atoms with van der Waals surface area (Å²) in [7, 11) is 0. The lowest BCUT2D eigenvalue weighted by Crippen LogP contribution is -2.27. The van der Waals surface area contributed by atoms with Crippen molar-refractivity contribution in [3.63, 3.8) is 0 Å². The average molecular weight is 217 g/mol. The number of fused-ring (bicyclic) bond motifs is 1. The summed E-state index contributed by atoms with van der Waals surface area (Å²) in [6.07, 6.45) is 2.33. The second-order valence-electron chi connectivity index (χ2n) is 4.09. The Morgan fingerprint density at radius 1 is 1.25 bits per heavy atom. The number of imidazole rings is 1. The largest absolute Gasteiger partial charge is 0.341 e. The summed E-state index contributed by atoms with van der Waals surface area (Å²) in [4.78, 5) is 7.86. The van der Waals surface area contributed by atoms with Crippen molar-refractivity contribution in [3.05, 3.63) is 30.1 Å². The number of aromatic amines is 1. The van der Waals surface area contributed by atoms with Crippen LogP contribution in [0.3, 0.4) is 0 Å². The maximum Gasteiger partial charge on any atom is 0.121 e. The maximum atomic E-state index is 4.54. The molecule has 0 radical (unpaired) electrons. The summed E-state index contributed by atoms with van der Waals surface area (Å²) < 4.78 is 0. The van der Waals surface area contributed by atoms with Crippen LogP contribution in [0.1, 0.15) is 32.5 Å². The van der Waals surface area contributed by atoms with Crippen LogP contribution in [0.4, 0.5) is 0 Å². The molecular weight excluding hydrogens is 198 g/mol. The third-order valence-electron chi connectivity index (χ3n) is 2.98. The Balaban J connectivity index is 2.04. The van der Waals surface area contributed by atoms with Gasteiger partial charge in [-0.25, -0.2) is 4.98 Å². The van der Waals surface area contributed by atoms with Gasteiger partial charge in [-0.15, -0.1) is 0 Å². The van der Waals surface area contributed by atoms with E-state index in [0.29, 0.717) is 6.04 Å². The maximum absolute atomic E-state index is 4.54. The van der Waals surface area contributed by atoms with Crippen LogP contribution >= 0.6 is 0 Å². The number of rotatable bonds is 5. The van der Waals surface area contributed by atoms with Gasteiger partial charge in [0.25, 0.3) is 0 Å².